The molecule has 0 amide bonds. The highest BCUT2D eigenvalue weighted by Gasteiger charge is 2.17. The monoisotopic (exact) mass is 367 g/mol. The first-order valence-electron chi connectivity index (χ1n) is 8.10. The highest BCUT2D eigenvalue weighted by atomic mass is 32.2. The third-order valence-corrected chi connectivity index (χ3v) is 5.48. The topological polar surface area (TPSA) is 62.3 Å². The van der Waals surface area contributed by atoms with Crippen LogP contribution in [0.3, 0.4) is 0 Å². The van der Waals surface area contributed by atoms with Crippen molar-refractivity contribution in [1.82, 2.24) is 9.71 Å². The number of sulfonamides is 1. The van der Waals surface area contributed by atoms with Crippen molar-refractivity contribution >= 4 is 15.8 Å². The fourth-order valence-corrected chi connectivity index (χ4v) is 3.87. The number of halogens is 2. The number of nitrogens with zero attached hydrogens (tertiary/aromatic N) is 2. The zero-order valence-electron chi connectivity index (χ0n) is 13.6. The number of hydrogen-bond donors (Lipinski definition) is 1. The number of rotatable bonds is 5. The molecule has 2 heterocycles. The predicted octanol–water partition coefficient (Wildman–Crippen LogP) is 2.83. The first-order chi connectivity index (χ1) is 11.9. The van der Waals surface area contributed by atoms with Gasteiger partial charge in [0.1, 0.15) is 17.5 Å². The van der Waals surface area contributed by atoms with Crippen LogP contribution in [0.1, 0.15) is 24.8 Å². The van der Waals surface area contributed by atoms with Crippen molar-refractivity contribution < 1.29 is 17.2 Å². The van der Waals surface area contributed by atoms with Crippen molar-refractivity contribution in [3.63, 3.8) is 0 Å². The van der Waals surface area contributed by atoms with Gasteiger partial charge in [-0.2, -0.15) is 0 Å². The van der Waals surface area contributed by atoms with E-state index in [1.165, 1.54) is 6.42 Å². The van der Waals surface area contributed by atoms with Crippen molar-refractivity contribution in [2.75, 3.05) is 18.0 Å². The predicted molar refractivity (Wildman–Crippen MR) is 90.7 cm³/mol. The van der Waals surface area contributed by atoms with Gasteiger partial charge in [-0.3, -0.25) is 0 Å². The lowest BCUT2D eigenvalue weighted by Crippen LogP contribution is -2.30. The average molecular weight is 367 g/mol. The van der Waals surface area contributed by atoms with Gasteiger partial charge >= 0.3 is 0 Å². The van der Waals surface area contributed by atoms with Gasteiger partial charge in [0.15, 0.2) is 0 Å². The smallest absolute Gasteiger partial charge is 0.241 e. The lowest BCUT2D eigenvalue weighted by atomic mass is 10.1. The van der Waals surface area contributed by atoms with Gasteiger partial charge in [0, 0.05) is 31.9 Å². The van der Waals surface area contributed by atoms with E-state index in [1.54, 1.807) is 12.3 Å². The van der Waals surface area contributed by atoms with Crippen molar-refractivity contribution in [2.45, 2.75) is 30.7 Å². The number of hydrogen-bond acceptors (Lipinski definition) is 4. The number of pyridine rings is 1. The average Bonchev–Trinajstić information content (AvgIpc) is 2.60. The number of benzene rings is 1. The van der Waals surface area contributed by atoms with E-state index in [2.05, 4.69) is 14.6 Å². The summed E-state index contributed by atoms with van der Waals surface area (Å²) in [5.41, 5.74) is 0.732. The van der Waals surface area contributed by atoms with Gasteiger partial charge in [0.05, 0.1) is 4.90 Å². The van der Waals surface area contributed by atoms with Gasteiger partial charge < -0.3 is 4.90 Å². The third-order valence-electron chi connectivity index (χ3n) is 4.10. The van der Waals surface area contributed by atoms with Crippen LogP contribution >= 0.6 is 0 Å². The molecule has 0 bridgehead atoms. The van der Waals surface area contributed by atoms with Crippen LogP contribution < -0.4 is 9.62 Å². The first-order valence-corrected chi connectivity index (χ1v) is 9.58. The summed E-state index contributed by atoms with van der Waals surface area (Å²) in [5, 5.41) is 0. The van der Waals surface area contributed by atoms with Crippen LogP contribution in [0.2, 0.25) is 0 Å². The zero-order chi connectivity index (χ0) is 17.9. The van der Waals surface area contributed by atoms with Crippen LogP contribution in [0, 0.1) is 11.6 Å². The second-order valence-electron chi connectivity index (χ2n) is 6.00. The molecule has 0 radical (unpaired) electrons. The summed E-state index contributed by atoms with van der Waals surface area (Å²) in [4.78, 5) is 6.07. The molecule has 3 rings (SSSR count). The largest absolute Gasteiger partial charge is 0.357 e. The van der Waals surface area contributed by atoms with E-state index in [9.17, 15) is 17.2 Å². The maximum atomic E-state index is 13.2. The standard InChI is InChI=1S/C17H19F2N3O2S/c18-14-9-15(19)11-16(10-14)25(23,24)21-12-13-4-5-20-17(8-13)22-6-2-1-3-7-22/h4-5,8-11,21H,1-3,6-7,12H2. The number of aromatic nitrogens is 1. The molecule has 1 N–H and O–H groups in total. The lowest BCUT2D eigenvalue weighted by molar-refractivity contribution is 0.561. The molecule has 0 atom stereocenters. The number of anilines is 1. The van der Waals surface area contributed by atoms with E-state index in [-0.39, 0.29) is 6.54 Å². The second-order valence-corrected chi connectivity index (χ2v) is 7.77. The summed E-state index contributed by atoms with van der Waals surface area (Å²) in [6, 6.07) is 5.75. The van der Waals surface area contributed by atoms with Crippen LogP contribution in [-0.4, -0.2) is 26.5 Å². The van der Waals surface area contributed by atoms with Gasteiger partial charge in [0.25, 0.3) is 0 Å². The Kier molecular flexibility index (Phi) is 5.29. The minimum atomic E-state index is -4.01. The Morgan fingerprint density at radius 2 is 1.72 bits per heavy atom. The highest BCUT2D eigenvalue weighted by molar-refractivity contribution is 7.89. The molecule has 1 saturated heterocycles. The van der Waals surface area contributed by atoms with Crippen LogP contribution in [0.4, 0.5) is 14.6 Å². The molecule has 1 aromatic heterocycles. The molecule has 0 unspecified atom stereocenters. The summed E-state index contributed by atoms with van der Waals surface area (Å²) in [6.45, 7) is 1.89. The summed E-state index contributed by atoms with van der Waals surface area (Å²) >= 11 is 0. The van der Waals surface area contributed by atoms with Crippen molar-refractivity contribution in [2.24, 2.45) is 0 Å². The fourth-order valence-electron chi connectivity index (χ4n) is 2.81. The molecule has 5 nitrogen and oxygen atoms in total. The number of nitrogens with one attached hydrogen (secondary N) is 1. The molecule has 0 aliphatic carbocycles. The molecule has 1 aliphatic heterocycles. The lowest BCUT2D eigenvalue weighted by Gasteiger charge is -2.27. The maximum absolute atomic E-state index is 13.2. The van der Waals surface area contributed by atoms with Crippen LogP contribution in [0.5, 0.6) is 0 Å². The highest BCUT2D eigenvalue weighted by Crippen LogP contribution is 2.19. The number of piperidine rings is 1. The maximum Gasteiger partial charge on any atom is 0.241 e. The third kappa shape index (κ3) is 4.52. The molecule has 134 valence electrons. The van der Waals surface area contributed by atoms with Crippen molar-refractivity contribution in [3.05, 3.63) is 53.7 Å². The Hall–Kier alpha value is -2.06. The molecular formula is C17H19F2N3O2S. The van der Waals surface area contributed by atoms with E-state index in [4.69, 9.17) is 0 Å². The van der Waals surface area contributed by atoms with Crippen molar-refractivity contribution in [3.8, 4) is 0 Å². The van der Waals surface area contributed by atoms with Crippen LogP contribution in [-0.2, 0) is 16.6 Å². The normalized spacial score (nSPS) is 15.4. The van der Waals surface area contributed by atoms with Gasteiger partial charge in [0.2, 0.25) is 10.0 Å². The molecule has 8 heteroatoms. The summed E-state index contributed by atoms with van der Waals surface area (Å²) in [6.07, 6.45) is 5.07. The van der Waals surface area contributed by atoms with E-state index in [1.807, 2.05) is 6.07 Å². The summed E-state index contributed by atoms with van der Waals surface area (Å²) < 4.78 is 53.3. The summed E-state index contributed by atoms with van der Waals surface area (Å²) in [7, 11) is -4.01. The molecule has 1 aromatic carbocycles. The van der Waals surface area contributed by atoms with Gasteiger partial charge in [-0.05, 0) is 49.1 Å². The van der Waals surface area contributed by atoms with Gasteiger partial charge in [-0.1, -0.05) is 0 Å². The van der Waals surface area contributed by atoms with Crippen LogP contribution in [0.25, 0.3) is 0 Å². The second kappa shape index (κ2) is 7.45. The zero-order valence-corrected chi connectivity index (χ0v) is 14.4. The van der Waals surface area contributed by atoms with Gasteiger partial charge in [-0.25, -0.2) is 26.9 Å². The first kappa shape index (κ1) is 17.8. The Bertz CT molecular complexity index is 832. The van der Waals surface area contributed by atoms with E-state index in [0.29, 0.717) is 6.07 Å². The quantitative estimate of drug-likeness (QED) is 0.883. The van der Waals surface area contributed by atoms with Crippen LogP contribution in [0.15, 0.2) is 41.4 Å². The van der Waals surface area contributed by atoms with Gasteiger partial charge in [-0.15, -0.1) is 0 Å². The Morgan fingerprint density at radius 1 is 1.04 bits per heavy atom. The molecular weight excluding hydrogens is 348 g/mol. The van der Waals surface area contributed by atoms with E-state index >= 15 is 0 Å². The minimum Gasteiger partial charge on any atom is -0.357 e. The summed E-state index contributed by atoms with van der Waals surface area (Å²) in [5.74, 6) is -1.05. The molecule has 25 heavy (non-hydrogen) atoms. The molecule has 1 aliphatic rings. The minimum absolute atomic E-state index is 0.0177. The van der Waals surface area contributed by atoms with Crippen molar-refractivity contribution in [1.29, 1.82) is 0 Å². The van der Waals surface area contributed by atoms with E-state index in [0.717, 1.165) is 49.4 Å². The SMILES string of the molecule is O=S(=O)(NCc1ccnc(N2CCCCC2)c1)c1cc(F)cc(F)c1. The molecule has 0 spiro atoms. The Morgan fingerprint density at radius 3 is 2.40 bits per heavy atom. The Labute approximate surface area is 145 Å². The molecule has 2 aromatic rings. The Balaban J connectivity index is 1.72. The molecule has 0 saturated carbocycles. The van der Waals surface area contributed by atoms with E-state index < -0.39 is 26.6 Å². The fraction of sp³-hybridized carbons (Fsp3) is 0.353. The molecule has 1 fully saturated rings.